The van der Waals surface area contributed by atoms with Crippen LogP contribution in [-0.2, 0) is 4.74 Å². The molecule has 1 aliphatic heterocycles. The van der Waals surface area contributed by atoms with E-state index in [-0.39, 0.29) is 5.78 Å². The van der Waals surface area contributed by atoms with Crippen molar-refractivity contribution in [3.63, 3.8) is 0 Å². The third kappa shape index (κ3) is 2.72. The van der Waals surface area contributed by atoms with Crippen LogP contribution in [0, 0.1) is 0 Å². The number of nitrogens with zero attached hydrogens (tertiary/aromatic N) is 1. The predicted octanol–water partition coefficient (Wildman–Crippen LogP) is 2.13. The molecule has 0 spiro atoms. The van der Waals surface area contributed by atoms with Crippen LogP contribution in [0.5, 0.6) is 5.75 Å². The van der Waals surface area contributed by atoms with Crippen molar-refractivity contribution >= 4 is 5.78 Å². The predicted molar refractivity (Wildman–Crippen MR) is 76.3 cm³/mol. The highest BCUT2D eigenvalue weighted by Gasteiger charge is 2.36. The van der Waals surface area contributed by atoms with Crippen LogP contribution in [0.3, 0.4) is 0 Å². The zero-order valence-electron chi connectivity index (χ0n) is 11.9. The van der Waals surface area contributed by atoms with Crippen LogP contribution in [0.15, 0.2) is 24.3 Å². The highest BCUT2D eigenvalue weighted by atomic mass is 16.5. The largest absolute Gasteiger partial charge is 0.497 e. The van der Waals surface area contributed by atoms with Crippen molar-refractivity contribution in [2.75, 3.05) is 26.8 Å². The Kier molecular flexibility index (Phi) is 4.03. The maximum absolute atomic E-state index is 12.4. The van der Waals surface area contributed by atoms with Gasteiger partial charge in [0, 0.05) is 18.2 Å². The van der Waals surface area contributed by atoms with Gasteiger partial charge in [-0.15, -0.1) is 0 Å². The van der Waals surface area contributed by atoms with Crippen molar-refractivity contribution < 1.29 is 14.3 Å². The van der Waals surface area contributed by atoms with Crippen molar-refractivity contribution in [3.05, 3.63) is 29.8 Å². The van der Waals surface area contributed by atoms with Gasteiger partial charge >= 0.3 is 0 Å². The van der Waals surface area contributed by atoms with E-state index >= 15 is 0 Å². The van der Waals surface area contributed by atoms with E-state index in [1.165, 1.54) is 6.42 Å². The minimum absolute atomic E-state index is 0.181. The van der Waals surface area contributed by atoms with Gasteiger partial charge in [-0.25, -0.2) is 0 Å². The number of fused-ring (bicyclic) bond motifs is 1. The minimum Gasteiger partial charge on any atom is -0.497 e. The molecule has 1 aromatic carbocycles. The molecule has 1 aliphatic carbocycles. The Morgan fingerprint density at radius 1 is 1.35 bits per heavy atom. The Morgan fingerprint density at radius 2 is 2.15 bits per heavy atom. The second-order valence-corrected chi connectivity index (χ2v) is 5.53. The summed E-state index contributed by atoms with van der Waals surface area (Å²) in [4.78, 5) is 14.7. The van der Waals surface area contributed by atoms with Gasteiger partial charge in [-0.3, -0.25) is 9.69 Å². The lowest BCUT2D eigenvalue weighted by atomic mass is 10.1. The second kappa shape index (κ2) is 5.94. The zero-order chi connectivity index (χ0) is 13.9. The lowest BCUT2D eigenvalue weighted by Gasteiger charge is -2.37. The van der Waals surface area contributed by atoms with Gasteiger partial charge in [0.15, 0.2) is 5.78 Å². The van der Waals surface area contributed by atoms with Crippen molar-refractivity contribution in [2.24, 2.45) is 0 Å². The molecule has 1 saturated carbocycles. The molecule has 1 saturated heterocycles. The molecule has 0 radical (unpaired) electrons. The highest BCUT2D eigenvalue weighted by Crippen LogP contribution is 2.29. The average molecular weight is 275 g/mol. The van der Waals surface area contributed by atoms with Crippen LogP contribution in [0.1, 0.15) is 29.6 Å². The SMILES string of the molecule is COc1ccc(C(=O)CN2CCOC3CCCC32)cc1. The first-order chi connectivity index (χ1) is 9.78. The van der Waals surface area contributed by atoms with Crippen molar-refractivity contribution in [3.8, 4) is 5.75 Å². The molecule has 20 heavy (non-hydrogen) atoms. The van der Waals surface area contributed by atoms with Gasteiger partial charge in [0.2, 0.25) is 0 Å². The van der Waals surface area contributed by atoms with E-state index in [1.54, 1.807) is 7.11 Å². The monoisotopic (exact) mass is 275 g/mol. The summed E-state index contributed by atoms with van der Waals surface area (Å²) in [5.41, 5.74) is 0.756. The van der Waals surface area contributed by atoms with E-state index in [0.717, 1.165) is 37.3 Å². The molecule has 4 nitrogen and oxygen atoms in total. The number of methoxy groups -OCH3 is 1. The van der Waals surface area contributed by atoms with Gasteiger partial charge in [-0.1, -0.05) is 0 Å². The van der Waals surface area contributed by atoms with Crippen LogP contribution in [0.25, 0.3) is 0 Å². The molecule has 3 rings (SSSR count). The van der Waals surface area contributed by atoms with Gasteiger partial charge in [0.25, 0.3) is 0 Å². The smallest absolute Gasteiger partial charge is 0.176 e. The quantitative estimate of drug-likeness (QED) is 0.789. The van der Waals surface area contributed by atoms with Crippen LogP contribution >= 0.6 is 0 Å². The van der Waals surface area contributed by atoms with Crippen LogP contribution in [0.4, 0.5) is 0 Å². The molecule has 2 aliphatic rings. The van der Waals surface area contributed by atoms with Crippen molar-refractivity contribution in [2.45, 2.75) is 31.4 Å². The van der Waals surface area contributed by atoms with E-state index in [9.17, 15) is 4.79 Å². The standard InChI is InChI=1S/C16H21NO3/c1-19-13-7-5-12(6-8-13)15(18)11-17-9-10-20-16-4-2-3-14(16)17/h5-8,14,16H,2-4,9-11H2,1H3. The number of rotatable bonds is 4. The Hall–Kier alpha value is -1.39. The molecule has 4 heteroatoms. The fraction of sp³-hybridized carbons (Fsp3) is 0.562. The third-order valence-corrected chi connectivity index (χ3v) is 4.36. The van der Waals surface area contributed by atoms with E-state index in [2.05, 4.69) is 4.90 Å². The molecule has 2 unspecified atom stereocenters. The summed E-state index contributed by atoms with van der Waals surface area (Å²) in [6.07, 6.45) is 3.84. The Balaban J connectivity index is 1.65. The third-order valence-electron chi connectivity index (χ3n) is 4.36. The summed E-state index contributed by atoms with van der Waals surface area (Å²) in [6, 6.07) is 7.79. The van der Waals surface area contributed by atoms with Crippen LogP contribution in [0.2, 0.25) is 0 Å². The number of hydrogen-bond acceptors (Lipinski definition) is 4. The number of benzene rings is 1. The van der Waals surface area contributed by atoms with E-state index in [0.29, 0.717) is 18.7 Å². The highest BCUT2D eigenvalue weighted by molar-refractivity contribution is 5.97. The summed E-state index contributed by atoms with van der Waals surface area (Å²) in [7, 11) is 1.63. The Bertz CT molecular complexity index is 471. The summed E-state index contributed by atoms with van der Waals surface area (Å²) >= 11 is 0. The van der Waals surface area contributed by atoms with Gasteiger partial charge in [-0.2, -0.15) is 0 Å². The lowest BCUT2D eigenvalue weighted by Crippen LogP contribution is -2.50. The number of carbonyl (C=O) groups is 1. The Morgan fingerprint density at radius 3 is 2.90 bits per heavy atom. The summed E-state index contributed by atoms with van der Waals surface area (Å²) in [5, 5.41) is 0. The topological polar surface area (TPSA) is 38.8 Å². The molecule has 0 N–H and O–H groups in total. The first-order valence-corrected chi connectivity index (χ1v) is 7.31. The second-order valence-electron chi connectivity index (χ2n) is 5.53. The fourth-order valence-corrected chi connectivity index (χ4v) is 3.25. The van der Waals surface area contributed by atoms with Crippen LogP contribution in [-0.4, -0.2) is 49.6 Å². The molecule has 2 fully saturated rings. The molecule has 0 amide bonds. The van der Waals surface area contributed by atoms with Gasteiger partial charge < -0.3 is 9.47 Å². The number of ether oxygens (including phenoxy) is 2. The van der Waals surface area contributed by atoms with Gasteiger partial charge in [0.05, 0.1) is 26.4 Å². The number of morpholine rings is 1. The molecular weight excluding hydrogens is 254 g/mol. The van der Waals surface area contributed by atoms with E-state index in [4.69, 9.17) is 9.47 Å². The maximum atomic E-state index is 12.4. The zero-order valence-corrected chi connectivity index (χ0v) is 11.9. The van der Waals surface area contributed by atoms with Gasteiger partial charge in [0.1, 0.15) is 5.75 Å². The number of ketones is 1. The molecular formula is C16H21NO3. The molecule has 1 heterocycles. The summed E-state index contributed by atoms with van der Waals surface area (Å²) in [6.45, 7) is 2.11. The molecule has 2 atom stereocenters. The average Bonchev–Trinajstić information content (AvgIpc) is 2.97. The molecule has 108 valence electrons. The number of carbonyl (C=O) groups excluding carboxylic acids is 1. The number of hydrogen-bond donors (Lipinski definition) is 0. The maximum Gasteiger partial charge on any atom is 0.176 e. The normalized spacial score (nSPS) is 26.2. The minimum atomic E-state index is 0.181. The molecule has 0 bridgehead atoms. The lowest BCUT2D eigenvalue weighted by molar-refractivity contribution is -0.0522. The van der Waals surface area contributed by atoms with Crippen LogP contribution < -0.4 is 4.74 Å². The van der Waals surface area contributed by atoms with E-state index in [1.807, 2.05) is 24.3 Å². The van der Waals surface area contributed by atoms with Crippen molar-refractivity contribution in [1.82, 2.24) is 4.90 Å². The van der Waals surface area contributed by atoms with Gasteiger partial charge in [-0.05, 0) is 43.5 Å². The molecule has 0 aromatic heterocycles. The Labute approximate surface area is 119 Å². The van der Waals surface area contributed by atoms with E-state index < -0.39 is 0 Å². The first-order valence-electron chi connectivity index (χ1n) is 7.31. The number of Topliss-reactive ketones (excluding diaryl/α,β-unsaturated/α-hetero) is 1. The molecule has 1 aromatic rings. The first kappa shape index (κ1) is 13.6. The van der Waals surface area contributed by atoms with Crippen molar-refractivity contribution in [1.29, 1.82) is 0 Å². The summed E-state index contributed by atoms with van der Waals surface area (Å²) in [5.74, 6) is 0.962. The summed E-state index contributed by atoms with van der Waals surface area (Å²) < 4.78 is 10.9. The fourth-order valence-electron chi connectivity index (χ4n) is 3.25.